The maximum Gasteiger partial charge on any atom is 0.304 e. The number of nitrogens with zero attached hydrogens (tertiary/aromatic N) is 1. The monoisotopic (exact) mass is 347 g/mol. The molecule has 0 aliphatic rings. The summed E-state index contributed by atoms with van der Waals surface area (Å²) in [6, 6.07) is 5.76. The molecule has 0 atom stereocenters. The summed E-state index contributed by atoms with van der Waals surface area (Å²) >= 11 is 9.59. The van der Waals surface area contributed by atoms with Gasteiger partial charge in [0.1, 0.15) is 0 Å². The quantitative estimate of drug-likeness (QED) is 0.868. The van der Waals surface area contributed by atoms with Gasteiger partial charge in [0.2, 0.25) is 0 Å². The largest absolute Gasteiger partial charge is 0.481 e. The van der Waals surface area contributed by atoms with Crippen LogP contribution in [0.2, 0.25) is 5.02 Å². The number of hydrogen-bond donors (Lipinski definition) is 1. The summed E-state index contributed by atoms with van der Waals surface area (Å²) < 4.78 is 0.939. The summed E-state index contributed by atoms with van der Waals surface area (Å²) in [7, 11) is 0. The molecule has 0 aliphatic heterocycles. The second-order valence-corrected chi connectivity index (χ2v) is 6.79. The van der Waals surface area contributed by atoms with Crippen LogP contribution >= 0.6 is 27.5 Å². The molecule has 1 N–H and O–H groups in total. The summed E-state index contributed by atoms with van der Waals surface area (Å²) in [5.74, 6) is -0.781. The van der Waals surface area contributed by atoms with Crippen LogP contribution in [0, 0.1) is 0 Å². The van der Waals surface area contributed by atoms with Crippen LogP contribution in [-0.4, -0.2) is 28.1 Å². The molecule has 106 valence electrons. The number of carboxylic acid groups (broad SMARTS) is 1. The molecule has 0 bridgehead atoms. The number of halogens is 2. The molecule has 0 aromatic heterocycles. The molecule has 0 heterocycles. The summed E-state index contributed by atoms with van der Waals surface area (Å²) in [6.45, 7) is 7.36. The van der Waals surface area contributed by atoms with Gasteiger partial charge in [0.25, 0.3) is 0 Å². The van der Waals surface area contributed by atoms with Crippen molar-refractivity contribution < 1.29 is 9.90 Å². The Bertz CT molecular complexity index is 457. The number of benzene rings is 1. The van der Waals surface area contributed by atoms with Gasteiger partial charge in [-0.15, -0.1) is 0 Å². The van der Waals surface area contributed by atoms with E-state index < -0.39 is 5.97 Å². The van der Waals surface area contributed by atoms with E-state index in [1.54, 1.807) is 0 Å². The molecule has 0 unspecified atom stereocenters. The highest BCUT2D eigenvalue weighted by Gasteiger charge is 2.22. The molecule has 19 heavy (non-hydrogen) atoms. The minimum atomic E-state index is -0.781. The molecule has 0 saturated heterocycles. The summed E-state index contributed by atoms with van der Waals surface area (Å²) in [5, 5.41) is 9.52. The minimum Gasteiger partial charge on any atom is -0.481 e. The molecule has 0 radical (unpaired) electrons. The SMILES string of the molecule is CC(C)(C)N(CCC(=O)O)Cc1ccc(Br)cc1Cl. The third kappa shape index (κ3) is 5.51. The fourth-order valence-corrected chi connectivity index (χ4v) is 2.47. The molecular weight excluding hydrogens is 330 g/mol. The Morgan fingerprint density at radius 3 is 2.53 bits per heavy atom. The Morgan fingerprint density at radius 1 is 1.42 bits per heavy atom. The lowest BCUT2D eigenvalue weighted by molar-refractivity contribution is -0.137. The van der Waals surface area contributed by atoms with Gasteiger partial charge in [0.05, 0.1) is 6.42 Å². The molecule has 0 aliphatic carbocycles. The highest BCUT2D eigenvalue weighted by atomic mass is 79.9. The Morgan fingerprint density at radius 2 is 2.05 bits per heavy atom. The standard InChI is InChI=1S/C14H19BrClNO2/c1-14(2,3)17(7-6-13(18)19)9-10-4-5-11(15)8-12(10)16/h4-5,8H,6-7,9H2,1-3H3,(H,18,19). The first-order valence-corrected chi connectivity index (χ1v) is 7.28. The van der Waals surface area contributed by atoms with E-state index in [0.717, 1.165) is 10.0 Å². The number of hydrogen-bond acceptors (Lipinski definition) is 2. The van der Waals surface area contributed by atoms with E-state index in [1.807, 2.05) is 18.2 Å². The summed E-state index contributed by atoms with van der Waals surface area (Å²) in [6.07, 6.45) is 0.130. The van der Waals surface area contributed by atoms with Crippen molar-refractivity contribution in [2.45, 2.75) is 39.3 Å². The molecule has 0 amide bonds. The van der Waals surface area contributed by atoms with Crippen molar-refractivity contribution in [3.05, 3.63) is 33.3 Å². The zero-order valence-electron chi connectivity index (χ0n) is 11.4. The highest BCUT2D eigenvalue weighted by Crippen LogP contribution is 2.25. The van der Waals surface area contributed by atoms with Gasteiger partial charge in [-0.05, 0) is 38.5 Å². The van der Waals surface area contributed by atoms with Gasteiger partial charge in [0, 0.05) is 28.1 Å². The average molecular weight is 349 g/mol. The van der Waals surface area contributed by atoms with Crippen LogP contribution in [0.5, 0.6) is 0 Å². The van der Waals surface area contributed by atoms with Gasteiger partial charge in [-0.1, -0.05) is 33.6 Å². The second kappa shape index (κ2) is 6.73. The van der Waals surface area contributed by atoms with Crippen molar-refractivity contribution in [1.29, 1.82) is 0 Å². The Balaban J connectivity index is 2.85. The van der Waals surface area contributed by atoms with Gasteiger partial charge in [0.15, 0.2) is 0 Å². The second-order valence-electron chi connectivity index (χ2n) is 5.47. The maximum atomic E-state index is 10.7. The van der Waals surface area contributed by atoms with Gasteiger partial charge < -0.3 is 5.11 Å². The van der Waals surface area contributed by atoms with Crippen LogP contribution in [0.4, 0.5) is 0 Å². The Labute approximate surface area is 127 Å². The zero-order valence-corrected chi connectivity index (χ0v) is 13.8. The van der Waals surface area contributed by atoms with Crippen molar-refractivity contribution in [3.8, 4) is 0 Å². The number of carbonyl (C=O) groups is 1. The topological polar surface area (TPSA) is 40.5 Å². The zero-order chi connectivity index (χ0) is 14.6. The minimum absolute atomic E-state index is 0.105. The fraction of sp³-hybridized carbons (Fsp3) is 0.500. The first-order chi connectivity index (χ1) is 8.70. The van der Waals surface area contributed by atoms with Crippen LogP contribution in [0.1, 0.15) is 32.8 Å². The van der Waals surface area contributed by atoms with Gasteiger partial charge in [-0.3, -0.25) is 9.69 Å². The molecule has 0 fully saturated rings. The van der Waals surface area contributed by atoms with Gasteiger partial charge in [-0.2, -0.15) is 0 Å². The lowest BCUT2D eigenvalue weighted by atomic mass is 10.0. The van der Waals surface area contributed by atoms with Crippen LogP contribution in [-0.2, 0) is 11.3 Å². The van der Waals surface area contributed by atoms with E-state index in [-0.39, 0.29) is 12.0 Å². The lowest BCUT2D eigenvalue weighted by Gasteiger charge is -2.35. The first kappa shape index (κ1) is 16.5. The normalized spacial score (nSPS) is 11.9. The number of carboxylic acids is 1. The van der Waals surface area contributed by atoms with Crippen molar-refractivity contribution in [1.82, 2.24) is 4.90 Å². The van der Waals surface area contributed by atoms with E-state index >= 15 is 0 Å². The molecule has 1 rings (SSSR count). The van der Waals surface area contributed by atoms with E-state index in [1.165, 1.54) is 0 Å². The van der Waals surface area contributed by atoms with Crippen LogP contribution in [0.3, 0.4) is 0 Å². The molecule has 3 nitrogen and oxygen atoms in total. The van der Waals surface area contributed by atoms with Crippen LogP contribution < -0.4 is 0 Å². The van der Waals surface area contributed by atoms with Crippen molar-refractivity contribution in [2.75, 3.05) is 6.54 Å². The average Bonchev–Trinajstić information content (AvgIpc) is 2.24. The van der Waals surface area contributed by atoms with Crippen molar-refractivity contribution in [2.24, 2.45) is 0 Å². The predicted molar refractivity (Wildman–Crippen MR) is 81.6 cm³/mol. The highest BCUT2D eigenvalue weighted by molar-refractivity contribution is 9.10. The first-order valence-electron chi connectivity index (χ1n) is 6.11. The Kier molecular flexibility index (Phi) is 5.83. The van der Waals surface area contributed by atoms with Gasteiger partial charge >= 0.3 is 5.97 Å². The van der Waals surface area contributed by atoms with E-state index in [0.29, 0.717) is 18.1 Å². The number of aliphatic carboxylic acids is 1. The Hall–Kier alpha value is -0.580. The maximum absolute atomic E-state index is 10.7. The van der Waals surface area contributed by atoms with Crippen molar-refractivity contribution in [3.63, 3.8) is 0 Å². The van der Waals surface area contributed by atoms with E-state index in [9.17, 15) is 4.79 Å². The summed E-state index contributed by atoms with van der Waals surface area (Å²) in [5.41, 5.74) is 0.899. The van der Waals surface area contributed by atoms with Crippen LogP contribution in [0.15, 0.2) is 22.7 Å². The third-order valence-electron chi connectivity index (χ3n) is 2.92. The van der Waals surface area contributed by atoms with Gasteiger partial charge in [-0.25, -0.2) is 0 Å². The molecular formula is C14H19BrClNO2. The molecule has 5 heteroatoms. The third-order valence-corrected chi connectivity index (χ3v) is 3.77. The smallest absolute Gasteiger partial charge is 0.304 e. The van der Waals surface area contributed by atoms with E-state index in [4.69, 9.17) is 16.7 Å². The molecule has 0 spiro atoms. The molecule has 1 aromatic rings. The molecule has 0 saturated carbocycles. The fourth-order valence-electron chi connectivity index (χ4n) is 1.74. The van der Waals surface area contributed by atoms with E-state index in [2.05, 4.69) is 41.6 Å². The predicted octanol–water partition coefficient (Wildman–Crippen LogP) is 4.18. The molecule has 1 aromatic carbocycles. The summed E-state index contributed by atoms with van der Waals surface area (Å²) in [4.78, 5) is 12.9. The number of rotatable bonds is 5. The van der Waals surface area contributed by atoms with Crippen molar-refractivity contribution >= 4 is 33.5 Å². The lowest BCUT2D eigenvalue weighted by Crippen LogP contribution is -2.42. The van der Waals surface area contributed by atoms with Crippen LogP contribution in [0.25, 0.3) is 0 Å².